The molecule has 1 heterocycles. The molecule has 0 aliphatic carbocycles. The molecule has 1 aliphatic heterocycles. The first-order valence-electron chi connectivity index (χ1n) is 3.96. The van der Waals surface area contributed by atoms with E-state index in [1.807, 2.05) is 0 Å². The van der Waals surface area contributed by atoms with Crippen molar-refractivity contribution in [3.63, 3.8) is 0 Å². The summed E-state index contributed by atoms with van der Waals surface area (Å²) in [5.74, 6) is -0.326. The molecule has 0 amide bonds. The van der Waals surface area contributed by atoms with E-state index in [9.17, 15) is 4.39 Å². The molecule has 4 heteroatoms. The Morgan fingerprint density at radius 2 is 2.38 bits per heavy atom. The summed E-state index contributed by atoms with van der Waals surface area (Å²) < 4.78 is 23.3. The SMILES string of the molecule is Fc1c(Cl)cccc1OCC1CO1. The van der Waals surface area contributed by atoms with Crippen molar-refractivity contribution in [3.05, 3.63) is 29.0 Å². The van der Waals surface area contributed by atoms with Gasteiger partial charge in [-0.1, -0.05) is 17.7 Å². The minimum Gasteiger partial charge on any atom is -0.488 e. The van der Waals surface area contributed by atoms with Crippen LogP contribution in [0.4, 0.5) is 4.39 Å². The third kappa shape index (κ3) is 2.11. The van der Waals surface area contributed by atoms with Crippen molar-refractivity contribution >= 4 is 11.6 Å². The molecule has 0 N–H and O–H groups in total. The predicted molar refractivity (Wildman–Crippen MR) is 46.6 cm³/mol. The molecule has 2 nitrogen and oxygen atoms in total. The zero-order chi connectivity index (χ0) is 9.26. The maximum absolute atomic E-state index is 13.2. The third-order valence-electron chi connectivity index (χ3n) is 1.74. The lowest BCUT2D eigenvalue weighted by Gasteiger charge is -2.05. The number of halogens is 2. The van der Waals surface area contributed by atoms with Gasteiger partial charge >= 0.3 is 0 Å². The molecule has 1 saturated heterocycles. The summed E-state index contributed by atoms with van der Waals surface area (Å²) in [6.45, 7) is 1.08. The van der Waals surface area contributed by atoms with Crippen LogP contribution < -0.4 is 4.74 Å². The second kappa shape index (κ2) is 3.52. The highest BCUT2D eigenvalue weighted by atomic mass is 35.5. The summed E-state index contributed by atoms with van der Waals surface area (Å²) in [5, 5.41) is 0.0780. The third-order valence-corrected chi connectivity index (χ3v) is 2.04. The number of ether oxygens (including phenoxy) is 2. The molecule has 1 aromatic carbocycles. The highest BCUT2D eigenvalue weighted by Crippen LogP contribution is 2.24. The van der Waals surface area contributed by atoms with Crippen LogP contribution in [0, 0.1) is 5.82 Å². The normalized spacial score (nSPS) is 20.0. The minimum absolute atomic E-state index is 0.0780. The van der Waals surface area contributed by atoms with Gasteiger partial charge in [-0.25, -0.2) is 4.39 Å². The first-order chi connectivity index (χ1) is 6.27. The van der Waals surface area contributed by atoms with E-state index in [1.54, 1.807) is 12.1 Å². The molecule has 1 atom stereocenters. The number of rotatable bonds is 3. The Labute approximate surface area is 80.2 Å². The fourth-order valence-corrected chi connectivity index (χ4v) is 1.11. The van der Waals surface area contributed by atoms with E-state index in [4.69, 9.17) is 21.1 Å². The molecule has 1 aromatic rings. The standard InChI is InChI=1S/C9H8ClFO2/c10-7-2-1-3-8(9(7)11)13-5-6-4-12-6/h1-3,6H,4-5H2. The fourth-order valence-electron chi connectivity index (χ4n) is 0.942. The summed E-state index contributed by atoms with van der Waals surface area (Å²) in [5.41, 5.74) is 0. The van der Waals surface area contributed by atoms with Gasteiger partial charge in [0.15, 0.2) is 11.6 Å². The van der Waals surface area contributed by atoms with E-state index in [2.05, 4.69) is 0 Å². The van der Waals surface area contributed by atoms with Crippen LogP contribution in [-0.2, 0) is 4.74 Å². The second-order valence-electron chi connectivity index (χ2n) is 2.82. The van der Waals surface area contributed by atoms with Crippen molar-refractivity contribution in [1.29, 1.82) is 0 Å². The van der Waals surface area contributed by atoms with Gasteiger partial charge in [0.05, 0.1) is 11.6 Å². The summed E-state index contributed by atoms with van der Waals surface area (Å²) in [7, 11) is 0. The Bertz CT molecular complexity index is 312. The van der Waals surface area contributed by atoms with E-state index < -0.39 is 5.82 Å². The van der Waals surface area contributed by atoms with E-state index in [1.165, 1.54) is 6.07 Å². The molecule has 0 bridgehead atoms. The Morgan fingerprint density at radius 3 is 3.08 bits per heavy atom. The molecule has 2 rings (SSSR count). The fraction of sp³-hybridized carbons (Fsp3) is 0.333. The summed E-state index contributed by atoms with van der Waals surface area (Å²) in [4.78, 5) is 0. The zero-order valence-electron chi connectivity index (χ0n) is 6.80. The predicted octanol–water partition coefficient (Wildman–Crippen LogP) is 2.26. The van der Waals surface area contributed by atoms with Gasteiger partial charge in [0, 0.05) is 0 Å². The maximum Gasteiger partial charge on any atom is 0.183 e. The average Bonchev–Trinajstić information content (AvgIpc) is 2.91. The molecule has 1 aliphatic rings. The monoisotopic (exact) mass is 202 g/mol. The lowest BCUT2D eigenvalue weighted by molar-refractivity contribution is 0.254. The molecule has 13 heavy (non-hydrogen) atoms. The largest absolute Gasteiger partial charge is 0.488 e. The number of hydrogen-bond acceptors (Lipinski definition) is 2. The molecule has 0 saturated carbocycles. The van der Waals surface area contributed by atoms with Crippen LogP contribution in [0.1, 0.15) is 0 Å². The zero-order valence-corrected chi connectivity index (χ0v) is 7.55. The van der Waals surface area contributed by atoms with Gasteiger partial charge in [0.2, 0.25) is 0 Å². The van der Waals surface area contributed by atoms with Gasteiger partial charge < -0.3 is 9.47 Å². The first-order valence-corrected chi connectivity index (χ1v) is 4.33. The van der Waals surface area contributed by atoms with Gasteiger partial charge in [-0.2, -0.15) is 0 Å². The van der Waals surface area contributed by atoms with Gasteiger partial charge in [0.1, 0.15) is 12.7 Å². The van der Waals surface area contributed by atoms with E-state index in [-0.39, 0.29) is 16.9 Å². The van der Waals surface area contributed by atoms with Crippen molar-refractivity contribution in [2.75, 3.05) is 13.2 Å². The smallest absolute Gasteiger partial charge is 0.183 e. The Hall–Kier alpha value is -0.800. The summed E-state index contributed by atoms with van der Waals surface area (Å²) in [6, 6.07) is 4.68. The van der Waals surface area contributed by atoms with Crippen molar-refractivity contribution in [2.45, 2.75) is 6.10 Å². The number of epoxide rings is 1. The Balaban J connectivity index is 2.05. The van der Waals surface area contributed by atoms with Crippen LogP contribution in [-0.4, -0.2) is 19.3 Å². The van der Waals surface area contributed by atoms with E-state index >= 15 is 0 Å². The van der Waals surface area contributed by atoms with Gasteiger partial charge in [-0.05, 0) is 12.1 Å². The highest BCUT2D eigenvalue weighted by molar-refractivity contribution is 6.30. The summed E-state index contributed by atoms with van der Waals surface area (Å²) >= 11 is 5.56. The van der Waals surface area contributed by atoms with Crippen LogP contribution in [0.15, 0.2) is 18.2 Å². The van der Waals surface area contributed by atoms with Crippen molar-refractivity contribution < 1.29 is 13.9 Å². The van der Waals surface area contributed by atoms with Crippen molar-refractivity contribution in [1.82, 2.24) is 0 Å². The van der Waals surface area contributed by atoms with Crippen molar-refractivity contribution in [2.24, 2.45) is 0 Å². The molecule has 1 unspecified atom stereocenters. The van der Waals surface area contributed by atoms with Crippen LogP contribution in [0.3, 0.4) is 0 Å². The molecule has 1 fully saturated rings. The van der Waals surface area contributed by atoms with Gasteiger partial charge in [-0.3, -0.25) is 0 Å². The summed E-state index contributed by atoms with van der Waals surface area (Å²) in [6.07, 6.45) is 0.124. The highest BCUT2D eigenvalue weighted by Gasteiger charge is 2.23. The lowest BCUT2D eigenvalue weighted by Crippen LogP contribution is -2.05. The van der Waals surface area contributed by atoms with E-state index in [0.29, 0.717) is 13.2 Å². The average molecular weight is 203 g/mol. The lowest BCUT2D eigenvalue weighted by atomic mass is 10.3. The Kier molecular flexibility index (Phi) is 2.38. The first kappa shape index (κ1) is 8.78. The van der Waals surface area contributed by atoms with Crippen LogP contribution >= 0.6 is 11.6 Å². The molecular weight excluding hydrogens is 195 g/mol. The van der Waals surface area contributed by atoms with Gasteiger partial charge in [-0.15, -0.1) is 0 Å². The van der Waals surface area contributed by atoms with Gasteiger partial charge in [0.25, 0.3) is 0 Å². The van der Waals surface area contributed by atoms with E-state index in [0.717, 1.165) is 0 Å². The van der Waals surface area contributed by atoms with Crippen LogP contribution in [0.25, 0.3) is 0 Å². The molecule has 0 aromatic heterocycles. The number of hydrogen-bond donors (Lipinski definition) is 0. The minimum atomic E-state index is -0.509. The van der Waals surface area contributed by atoms with Crippen LogP contribution in [0.2, 0.25) is 5.02 Å². The van der Waals surface area contributed by atoms with Crippen LogP contribution in [0.5, 0.6) is 5.75 Å². The molecule has 0 spiro atoms. The quantitative estimate of drug-likeness (QED) is 0.702. The second-order valence-corrected chi connectivity index (χ2v) is 3.23. The molecule has 0 radical (unpaired) electrons. The van der Waals surface area contributed by atoms with Crippen molar-refractivity contribution in [3.8, 4) is 5.75 Å². The number of benzene rings is 1. The molecular formula is C9H8ClFO2. The molecule has 70 valence electrons. The maximum atomic E-state index is 13.2. The topological polar surface area (TPSA) is 21.8 Å². The Morgan fingerprint density at radius 1 is 1.62 bits per heavy atom.